The van der Waals surface area contributed by atoms with Crippen LogP contribution in [-0.2, 0) is 11.3 Å². The molecule has 1 aromatic heterocycles. The molecule has 0 atom stereocenters. The lowest BCUT2D eigenvalue weighted by Gasteiger charge is -2.32. The molecule has 172 valence electrons. The van der Waals surface area contributed by atoms with E-state index in [-0.39, 0.29) is 11.9 Å². The first-order valence-corrected chi connectivity index (χ1v) is 10.1. The fourth-order valence-corrected chi connectivity index (χ4v) is 3.41. The van der Waals surface area contributed by atoms with E-state index < -0.39 is 12.1 Å². The summed E-state index contributed by atoms with van der Waals surface area (Å²) in [6.07, 6.45) is -1.22. The van der Waals surface area contributed by atoms with Crippen LogP contribution in [-0.4, -0.2) is 57.7 Å². The van der Waals surface area contributed by atoms with Crippen molar-refractivity contribution in [1.29, 1.82) is 0 Å². The van der Waals surface area contributed by atoms with E-state index in [9.17, 15) is 17.6 Å². The second-order valence-electron chi connectivity index (χ2n) is 7.32. The Morgan fingerprint density at radius 3 is 2.34 bits per heavy atom. The summed E-state index contributed by atoms with van der Waals surface area (Å²) in [6.45, 7) is 3.79. The number of fused-ring (bicyclic) bond motifs is 1. The molecule has 1 aliphatic heterocycles. The Kier molecular flexibility index (Phi) is 7.68. The van der Waals surface area contributed by atoms with Crippen LogP contribution in [0.5, 0.6) is 5.75 Å². The first-order chi connectivity index (χ1) is 15.2. The lowest BCUT2D eigenvalue weighted by molar-refractivity contribution is -0.192. The minimum absolute atomic E-state index is 0.0960. The van der Waals surface area contributed by atoms with Gasteiger partial charge in [-0.3, -0.25) is 4.68 Å². The number of para-hydroxylation sites is 2. The van der Waals surface area contributed by atoms with Crippen LogP contribution in [0.3, 0.4) is 0 Å². The van der Waals surface area contributed by atoms with Gasteiger partial charge in [0.05, 0.1) is 18.3 Å². The van der Waals surface area contributed by atoms with E-state index in [0.29, 0.717) is 5.75 Å². The normalized spacial score (nSPS) is 15.2. The van der Waals surface area contributed by atoms with Crippen LogP contribution in [0.15, 0.2) is 54.7 Å². The summed E-state index contributed by atoms with van der Waals surface area (Å²) in [5.74, 6) is -2.67. The van der Waals surface area contributed by atoms with E-state index in [4.69, 9.17) is 14.6 Å². The number of aromatic nitrogens is 2. The molecule has 1 N–H and O–H groups in total. The Balaban J connectivity index is 0.000000360. The number of piperidine rings is 1. The van der Waals surface area contributed by atoms with Crippen molar-refractivity contribution in [3.63, 3.8) is 0 Å². The van der Waals surface area contributed by atoms with Crippen molar-refractivity contribution in [2.75, 3.05) is 19.6 Å². The van der Waals surface area contributed by atoms with Crippen molar-refractivity contribution in [3.8, 4) is 5.75 Å². The molecule has 1 aliphatic rings. The number of carboxylic acid groups (broad SMARTS) is 1. The lowest BCUT2D eigenvalue weighted by atomic mass is 10.1. The Bertz CT molecular complexity index is 1030. The smallest absolute Gasteiger partial charge is 0.487 e. The van der Waals surface area contributed by atoms with Gasteiger partial charge in [-0.05, 0) is 31.0 Å². The van der Waals surface area contributed by atoms with Crippen LogP contribution in [0, 0.1) is 5.82 Å². The number of benzene rings is 2. The molecule has 2 aromatic carbocycles. The van der Waals surface area contributed by atoms with Crippen LogP contribution in [0.1, 0.15) is 12.8 Å². The van der Waals surface area contributed by atoms with Gasteiger partial charge >= 0.3 is 12.1 Å². The third-order valence-electron chi connectivity index (χ3n) is 5.09. The number of likely N-dealkylation sites (tertiary alicyclic amines) is 1. The molecule has 0 amide bonds. The van der Waals surface area contributed by atoms with E-state index in [0.717, 1.165) is 39.0 Å². The van der Waals surface area contributed by atoms with Gasteiger partial charge < -0.3 is 14.7 Å². The highest BCUT2D eigenvalue weighted by Crippen LogP contribution is 2.22. The van der Waals surface area contributed by atoms with Crippen molar-refractivity contribution >= 4 is 16.9 Å². The van der Waals surface area contributed by atoms with Crippen molar-refractivity contribution in [1.82, 2.24) is 14.7 Å². The highest BCUT2D eigenvalue weighted by atomic mass is 19.4. The molecule has 2 heterocycles. The molecule has 0 bridgehead atoms. The fourth-order valence-electron chi connectivity index (χ4n) is 3.41. The summed E-state index contributed by atoms with van der Waals surface area (Å²) < 4.78 is 53.3. The average molecular weight is 453 g/mol. The van der Waals surface area contributed by atoms with Gasteiger partial charge in [-0.1, -0.05) is 30.3 Å². The summed E-state index contributed by atoms with van der Waals surface area (Å²) >= 11 is 0. The van der Waals surface area contributed by atoms with Crippen molar-refractivity contribution < 1.29 is 32.2 Å². The van der Waals surface area contributed by atoms with Gasteiger partial charge in [0, 0.05) is 25.0 Å². The second-order valence-corrected chi connectivity index (χ2v) is 7.32. The van der Waals surface area contributed by atoms with Gasteiger partial charge in [0.25, 0.3) is 0 Å². The number of carboxylic acids is 1. The summed E-state index contributed by atoms with van der Waals surface area (Å²) in [6, 6.07) is 14.9. The average Bonchev–Trinajstić information content (AvgIpc) is 3.18. The predicted molar refractivity (Wildman–Crippen MR) is 110 cm³/mol. The number of hydrogen-bond donors (Lipinski definition) is 1. The van der Waals surface area contributed by atoms with Gasteiger partial charge in [-0.25, -0.2) is 9.18 Å². The van der Waals surface area contributed by atoms with Crippen molar-refractivity contribution in [2.45, 2.75) is 31.7 Å². The number of nitrogens with zero attached hydrogens (tertiary/aromatic N) is 3. The molecule has 4 rings (SSSR count). The molecule has 32 heavy (non-hydrogen) atoms. The SMILES string of the molecule is Fc1ccccc1OC1CCN(CCn2ncc3ccccc32)CC1.O=C(O)C(F)(F)F. The zero-order chi connectivity index (χ0) is 23.1. The molecule has 0 spiro atoms. The number of rotatable bonds is 5. The molecular formula is C22H23F4N3O3. The van der Waals surface area contributed by atoms with E-state index in [2.05, 4.69) is 26.8 Å². The van der Waals surface area contributed by atoms with Crippen LogP contribution >= 0.6 is 0 Å². The number of alkyl halides is 3. The highest BCUT2D eigenvalue weighted by Gasteiger charge is 2.38. The summed E-state index contributed by atoms with van der Waals surface area (Å²) in [4.78, 5) is 11.3. The zero-order valence-electron chi connectivity index (χ0n) is 17.1. The Morgan fingerprint density at radius 2 is 1.69 bits per heavy atom. The first-order valence-electron chi connectivity index (χ1n) is 10.1. The molecule has 1 saturated heterocycles. The predicted octanol–water partition coefficient (Wildman–Crippen LogP) is 4.35. The van der Waals surface area contributed by atoms with Crippen molar-refractivity contribution in [3.05, 3.63) is 60.5 Å². The second kappa shape index (κ2) is 10.4. The topological polar surface area (TPSA) is 67.6 Å². The minimum Gasteiger partial charge on any atom is -0.487 e. The Morgan fingerprint density at radius 1 is 1.06 bits per heavy atom. The van der Waals surface area contributed by atoms with Gasteiger partial charge in [0.15, 0.2) is 11.6 Å². The van der Waals surface area contributed by atoms with E-state index in [1.807, 2.05) is 24.4 Å². The number of halogens is 4. The van der Waals surface area contributed by atoms with Gasteiger partial charge in [0.2, 0.25) is 0 Å². The molecule has 3 aromatic rings. The third kappa shape index (κ3) is 6.43. The number of aliphatic carboxylic acids is 1. The third-order valence-corrected chi connectivity index (χ3v) is 5.09. The summed E-state index contributed by atoms with van der Waals surface area (Å²) in [7, 11) is 0. The maximum Gasteiger partial charge on any atom is 0.490 e. The maximum absolute atomic E-state index is 13.7. The molecule has 0 saturated carbocycles. The molecule has 0 radical (unpaired) electrons. The molecule has 0 aliphatic carbocycles. The quantitative estimate of drug-likeness (QED) is 0.582. The van der Waals surface area contributed by atoms with Crippen LogP contribution in [0.2, 0.25) is 0 Å². The van der Waals surface area contributed by atoms with E-state index in [1.54, 1.807) is 12.1 Å². The van der Waals surface area contributed by atoms with Gasteiger partial charge in [-0.15, -0.1) is 0 Å². The number of carbonyl (C=O) groups is 1. The standard InChI is InChI=1S/C20H22FN3O.C2HF3O2/c21-18-6-2-4-8-20(18)25-17-9-11-23(12-10-17)13-14-24-19-7-3-1-5-16(19)15-22-24;3-2(4,5)1(6)7/h1-8,15,17H,9-14H2;(H,6,7). The number of ether oxygens (including phenoxy) is 1. The summed E-state index contributed by atoms with van der Waals surface area (Å²) in [5.41, 5.74) is 1.18. The van der Waals surface area contributed by atoms with Gasteiger partial charge in [-0.2, -0.15) is 18.3 Å². The molecule has 6 nitrogen and oxygen atoms in total. The van der Waals surface area contributed by atoms with Crippen LogP contribution < -0.4 is 4.74 Å². The lowest BCUT2D eigenvalue weighted by Crippen LogP contribution is -2.39. The monoisotopic (exact) mass is 453 g/mol. The highest BCUT2D eigenvalue weighted by molar-refractivity contribution is 5.78. The first kappa shape index (κ1) is 23.5. The molecule has 0 unspecified atom stereocenters. The molecule has 10 heteroatoms. The van der Waals surface area contributed by atoms with E-state index in [1.165, 1.54) is 17.0 Å². The maximum atomic E-state index is 13.7. The Hall–Kier alpha value is -3.14. The Labute approximate surface area is 182 Å². The van der Waals surface area contributed by atoms with Crippen LogP contribution in [0.4, 0.5) is 17.6 Å². The fraction of sp³-hybridized carbons (Fsp3) is 0.364. The molecule has 1 fully saturated rings. The van der Waals surface area contributed by atoms with Crippen molar-refractivity contribution in [2.24, 2.45) is 0 Å². The summed E-state index contributed by atoms with van der Waals surface area (Å²) in [5, 5.41) is 12.8. The minimum atomic E-state index is -5.08. The number of hydrogen-bond acceptors (Lipinski definition) is 4. The largest absolute Gasteiger partial charge is 0.490 e. The van der Waals surface area contributed by atoms with Gasteiger partial charge in [0.1, 0.15) is 6.10 Å². The van der Waals surface area contributed by atoms with Crippen LogP contribution in [0.25, 0.3) is 10.9 Å². The van der Waals surface area contributed by atoms with E-state index >= 15 is 0 Å². The zero-order valence-corrected chi connectivity index (χ0v) is 17.1. The molecular weight excluding hydrogens is 430 g/mol.